The number of aliphatic hydroxyl groups is 1. The summed E-state index contributed by atoms with van der Waals surface area (Å²) in [6.45, 7) is 0.979. The zero-order valence-corrected chi connectivity index (χ0v) is 10.3. The molecule has 6 nitrogen and oxygen atoms in total. The second-order valence-electron chi connectivity index (χ2n) is 3.59. The number of carboxylic acids is 1. The number of aliphatic hydroxyl groups excluding tert-OH is 1. The molecule has 96 valence electrons. The zero-order valence-electron chi connectivity index (χ0n) is 9.45. The number of nitrogens with two attached hydrogens (primary N) is 1. The third kappa shape index (κ3) is 5.20. The van der Waals surface area contributed by atoms with E-state index in [1.165, 1.54) is 0 Å². The van der Waals surface area contributed by atoms with E-state index in [2.05, 4.69) is 4.98 Å². The van der Waals surface area contributed by atoms with Crippen molar-refractivity contribution in [2.75, 3.05) is 18.1 Å². The fourth-order valence-corrected chi connectivity index (χ4v) is 1.96. The first-order valence-electron chi connectivity index (χ1n) is 5.31. The number of carbonyl (C=O) groups is 1. The van der Waals surface area contributed by atoms with E-state index < -0.39 is 12.0 Å². The van der Waals surface area contributed by atoms with Gasteiger partial charge in [0.05, 0.1) is 18.6 Å². The average molecular weight is 259 g/mol. The van der Waals surface area contributed by atoms with E-state index in [9.17, 15) is 4.79 Å². The second kappa shape index (κ2) is 7.31. The lowest BCUT2D eigenvalue weighted by Crippen LogP contribution is -2.32. The maximum atomic E-state index is 10.6. The molecular weight excluding hydrogens is 242 g/mol. The maximum Gasteiger partial charge on any atom is 0.320 e. The summed E-state index contributed by atoms with van der Waals surface area (Å²) in [5, 5.41) is 17.3. The molecule has 0 aliphatic rings. The number of carboxylic acid groups (broad SMARTS) is 1. The molecule has 1 heterocycles. The minimum atomic E-state index is -1.02. The topological polar surface area (TPSA) is 101 Å². The van der Waals surface area contributed by atoms with Crippen LogP contribution in [0.15, 0.2) is 12.5 Å². The van der Waals surface area contributed by atoms with Crippen molar-refractivity contribution in [3.63, 3.8) is 0 Å². The molecular formula is C10H17N3O3S. The minimum Gasteiger partial charge on any atom is -0.480 e. The Kier molecular flexibility index (Phi) is 6.03. The number of aryl methyl sites for hydroxylation is 1. The number of hydrogen-bond donors (Lipinski definition) is 3. The van der Waals surface area contributed by atoms with Crippen LogP contribution >= 0.6 is 11.8 Å². The molecule has 17 heavy (non-hydrogen) atoms. The van der Waals surface area contributed by atoms with Crippen molar-refractivity contribution in [2.45, 2.75) is 19.0 Å². The van der Waals surface area contributed by atoms with E-state index in [1.54, 1.807) is 18.1 Å². The lowest BCUT2D eigenvalue weighted by atomic mass is 10.2. The highest BCUT2D eigenvalue weighted by molar-refractivity contribution is 7.99. The summed E-state index contributed by atoms with van der Waals surface area (Å²) in [6.07, 6.45) is 3.72. The van der Waals surface area contributed by atoms with Crippen LogP contribution in [0, 0.1) is 0 Å². The number of imidazole rings is 1. The van der Waals surface area contributed by atoms with E-state index in [-0.39, 0.29) is 13.0 Å². The first-order chi connectivity index (χ1) is 8.13. The quantitative estimate of drug-likeness (QED) is 0.547. The van der Waals surface area contributed by atoms with Gasteiger partial charge in [0.1, 0.15) is 6.04 Å². The van der Waals surface area contributed by atoms with Crippen LogP contribution in [0.25, 0.3) is 0 Å². The van der Waals surface area contributed by atoms with Crippen LogP contribution in [0.4, 0.5) is 0 Å². The van der Waals surface area contributed by atoms with Crippen molar-refractivity contribution in [3.8, 4) is 0 Å². The van der Waals surface area contributed by atoms with E-state index in [0.29, 0.717) is 5.69 Å². The Labute approximate surface area is 104 Å². The van der Waals surface area contributed by atoms with Crippen molar-refractivity contribution < 1.29 is 15.0 Å². The molecule has 7 heteroatoms. The minimum absolute atomic E-state index is 0.188. The summed E-state index contributed by atoms with van der Waals surface area (Å²) in [4.78, 5) is 14.7. The summed E-state index contributed by atoms with van der Waals surface area (Å²) < 4.78 is 1.90. The van der Waals surface area contributed by atoms with Crippen molar-refractivity contribution in [3.05, 3.63) is 18.2 Å². The molecule has 0 aliphatic heterocycles. The van der Waals surface area contributed by atoms with E-state index >= 15 is 0 Å². The van der Waals surface area contributed by atoms with Crippen molar-refractivity contribution in [2.24, 2.45) is 5.73 Å². The summed E-state index contributed by atoms with van der Waals surface area (Å²) in [5.41, 5.74) is 6.10. The fourth-order valence-electron chi connectivity index (χ4n) is 1.28. The van der Waals surface area contributed by atoms with Gasteiger partial charge >= 0.3 is 5.97 Å². The summed E-state index contributed by atoms with van der Waals surface area (Å²) in [6, 6.07) is -0.901. The Bertz CT molecular complexity index is 356. The van der Waals surface area contributed by atoms with E-state index in [1.807, 2.05) is 10.8 Å². The van der Waals surface area contributed by atoms with Crippen LogP contribution in [0.2, 0.25) is 0 Å². The SMILES string of the molecule is N[C@@H](Cc1cn(CCSCCO)cn1)C(=O)O. The average Bonchev–Trinajstić information content (AvgIpc) is 2.72. The van der Waals surface area contributed by atoms with Gasteiger partial charge in [-0.05, 0) is 0 Å². The number of aromatic nitrogens is 2. The van der Waals surface area contributed by atoms with Gasteiger partial charge in [-0.25, -0.2) is 4.98 Å². The van der Waals surface area contributed by atoms with Crippen molar-refractivity contribution >= 4 is 17.7 Å². The lowest BCUT2D eigenvalue weighted by molar-refractivity contribution is -0.138. The normalized spacial score (nSPS) is 12.6. The summed E-state index contributed by atoms with van der Waals surface area (Å²) >= 11 is 1.66. The van der Waals surface area contributed by atoms with Crippen LogP contribution < -0.4 is 5.73 Å². The molecule has 1 aromatic rings. The molecule has 1 rings (SSSR count). The summed E-state index contributed by atoms with van der Waals surface area (Å²) in [7, 11) is 0. The van der Waals surface area contributed by atoms with E-state index in [4.69, 9.17) is 15.9 Å². The molecule has 1 aromatic heterocycles. The van der Waals surface area contributed by atoms with Crippen LogP contribution in [0.3, 0.4) is 0 Å². The highest BCUT2D eigenvalue weighted by Gasteiger charge is 2.13. The molecule has 4 N–H and O–H groups in total. The van der Waals surface area contributed by atoms with Gasteiger partial charge in [0.2, 0.25) is 0 Å². The van der Waals surface area contributed by atoms with Gasteiger partial charge in [0.25, 0.3) is 0 Å². The Morgan fingerprint density at radius 3 is 3.00 bits per heavy atom. The third-order valence-electron chi connectivity index (χ3n) is 2.16. The van der Waals surface area contributed by atoms with Gasteiger partial charge in [-0.1, -0.05) is 0 Å². The number of thioether (sulfide) groups is 1. The fraction of sp³-hybridized carbons (Fsp3) is 0.600. The van der Waals surface area contributed by atoms with Gasteiger partial charge in [0.15, 0.2) is 0 Å². The molecule has 0 saturated carbocycles. The molecule has 1 atom stereocenters. The molecule has 0 unspecified atom stereocenters. The number of rotatable bonds is 8. The molecule has 0 fully saturated rings. The van der Waals surface area contributed by atoms with Gasteiger partial charge < -0.3 is 20.5 Å². The molecule has 0 aromatic carbocycles. The predicted molar refractivity (Wildman–Crippen MR) is 66.0 cm³/mol. The summed E-state index contributed by atoms with van der Waals surface area (Å²) in [5.74, 6) is 0.602. The Balaban J connectivity index is 2.34. The first-order valence-corrected chi connectivity index (χ1v) is 6.46. The number of hydrogen-bond acceptors (Lipinski definition) is 5. The van der Waals surface area contributed by atoms with Gasteiger partial charge in [-0.3, -0.25) is 4.79 Å². The van der Waals surface area contributed by atoms with Crippen LogP contribution in [0.1, 0.15) is 5.69 Å². The number of aliphatic carboxylic acids is 1. The first kappa shape index (κ1) is 14.0. The smallest absolute Gasteiger partial charge is 0.320 e. The largest absolute Gasteiger partial charge is 0.480 e. The number of nitrogens with zero attached hydrogens (tertiary/aromatic N) is 2. The Hall–Kier alpha value is -1.05. The van der Waals surface area contributed by atoms with Gasteiger partial charge in [-0.2, -0.15) is 11.8 Å². The second-order valence-corrected chi connectivity index (χ2v) is 4.81. The lowest BCUT2D eigenvalue weighted by Gasteiger charge is -2.03. The molecule has 0 spiro atoms. The zero-order chi connectivity index (χ0) is 12.7. The molecule has 0 bridgehead atoms. The van der Waals surface area contributed by atoms with Crippen LogP contribution in [0.5, 0.6) is 0 Å². The van der Waals surface area contributed by atoms with Crippen molar-refractivity contribution in [1.82, 2.24) is 9.55 Å². The highest BCUT2D eigenvalue weighted by Crippen LogP contribution is 2.04. The highest BCUT2D eigenvalue weighted by atomic mass is 32.2. The van der Waals surface area contributed by atoms with Gasteiger partial charge in [0, 0.05) is 30.7 Å². The molecule has 0 saturated heterocycles. The predicted octanol–water partition coefficient (Wildman–Crippen LogP) is -0.437. The molecule has 0 amide bonds. The Morgan fingerprint density at radius 2 is 2.35 bits per heavy atom. The van der Waals surface area contributed by atoms with Crippen molar-refractivity contribution in [1.29, 1.82) is 0 Å². The van der Waals surface area contributed by atoms with Crippen LogP contribution in [-0.2, 0) is 17.8 Å². The third-order valence-corrected chi connectivity index (χ3v) is 3.10. The molecule has 0 radical (unpaired) electrons. The monoisotopic (exact) mass is 259 g/mol. The molecule has 0 aliphatic carbocycles. The van der Waals surface area contributed by atoms with Gasteiger partial charge in [-0.15, -0.1) is 0 Å². The van der Waals surface area contributed by atoms with Crippen LogP contribution in [-0.4, -0.2) is 49.9 Å². The Morgan fingerprint density at radius 1 is 1.59 bits per heavy atom. The maximum absolute atomic E-state index is 10.6. The standard InChI is InChI=1S/C10H17N3O3S/c11-9(10(15)16)5-8-6-13(7-12-8)1-3-17-4-2-14/h6-7,9,14H,1-5,11H2,(H,15,16)/t9-/m0/s1. The van der Waals surface area contributed by atoms with E-state index in [0.717, 1.165) is 18.1 Å².